The van der Waals surface area contributed by atoms with E-state index in [9.17, 15) is 9.59 Å². The number of carbonyl (C=O) groups is 2. The van der Waals surface area contributed by atoms with Crippen LogP contribution >= 0.6 is 0 Å². The standard InChI is InChI=1S/C15H16N6O2/c1-20-8-7-13(19-20)17-15(23)11-9-12(14(16)22)21(18-11)10-5-3-2-4-6-10/h2-8,12H,9H2,1H3,(H2,16,22)(H,17,19,23)/t12-/m0/s1. The first-order chi connectivity index (χ1) is 11.0. The van der Waals surface area contributed by atoms with Gasteiger partial charge in [-0.1, -0.05) is 18.2 Å². The number of para-hydroxylation sites is 1. The number of amides is 2. The van der Waals surface area contributed by atoms with Gasteiger partial charge in [0.25, 0.3) is 5.91 Å². The molecule has 8 nitrogen and oxygen atoms in total. The van der Waals surface area contributed by atoms with Gasteiger partial charge in [0.1, 0.15) is 11.8 Å². The van der Waals surface area contributed by atoms with Crippen molar-refractivity contribution < 1.29 is 9.59 Å². The van der Waals surface area contributed by atoms with Crippen LogP contribution in [0.3, 0.4) is 0 Å². The molecule has 2 amide bonds. The monoisotopic (exact) mass is 312 g/mol. The van der Waals surface area contributed by atoms with E-state index >= 15 is 0 Å². The van der Waals surface area contributed by atoms with Crippen molar-refractivity contribution in [3.8, 4) is 0 Å². The Morgan fingerprint density at radius 1 is 1.26 bits per heavy atom. The van der Waals surface area contributed by atoms with Crippen molar-refractivity contribution >= 4 is 29.0 Å². The van der Waals surface area contributed by atoms with Gasteiger partial charge in [0.15, 0.2) is 5.82 Å². The summed E-state index contributed by atoms with van der Waals surface area (Å²) in [4.78, 5) is 24.0. The molecule has 2 heterocycles. The van der Waals surface area contributed by atoms with Gasteiger partial charge in [-0.2, -0.15) is 10.2 Å². The topological polar surface area (TPSA) is 106 Å². The number of carbonyl (C=O) groups excluding carboxylic acids is 2. The largest absolute Gasteiger partial charge is 0.368 e. The van der Waals surface area contributed by atoms with Crippen LogP contribution in [0, 0.1) is 0 Å². The van der Waals surface area contributed by atoms with Crippen LogP contribution in [-0.4, -0.2) is 33.3 Å². The highest BCUT2D eigenvalue weighted by Crippen LogP contribution is 2.24. The number of nitrogens with two attached hydrogens (primary N) is 1. The minimum atomic E-state index is -0.679. The van der Waals surface area contributed by atoms with Crippen molar-refractivity contribution in [2.24, 2.45) is 17.9 Å². The Morgan fingerprint density at radius 2 is 2.00 bits per heavy atom. The molecule has 0 saturated heterocycles. The maximum atomic E-state index is 12.3. The minimum Gasteiger partial charge on any atom is -0.368 e. The third-order valence-corrected chi connectivity index (χ3v) is 3.48. The van der Waals surface area contributed by atoms with E-state index < -0.39 is 17.9 Å². The van der Waals surface area contributed by atoms with Crippen molar-refractivity contribution in [3.63, 3.8) is 0 Å². The predicted octanol–water partition coefficient (Wildman–Crippen LogP) is 0.479. The summed E-state index contributed by atoms with van der Waals surface area (Å²) in [7, 11) is 1.75. The number of benzene rings is 1. The first kappa shape index (κ1) is 14.8. The Hall–Kier alpha value is -3.16. The van der Waals surface area contributed by atoms with Gasteiger partial charge in [0, 0.05) is 25.7 Å². The Bertz CT molecular complexity index is 767. The zero-order valence-electron chi connectivity index (χ0n) is 12.5. The molecule has 3 N–H and O–H groups in total. The Labute approximate surface area is 132 Å². The number of hydrogen-bond donors (Lipinski definition) is 2. The smallest absolute Gasteiger partial charge is 0.273 e. The number of nitrogens with zero attached hydrogens (tertiary/aromatic N) is 4. The molecular weight excluding hydrogens is 296 g/mol. The maximum Gasteiger partial charge on any atom is 0.273 e. The van der Waals surface area contributed by atoms with Crippen molar-refractivity contribution in [1.29, 1.82) is 0 Å². The van der Waals surface area contributed by atoms with Gasteiger partial charge >= 0.3 is 0 Å². The molecule has 2 aromatic rings. The molecule has 1 aromatic carbocycles. The Morgan fingerprint density at radius 3 is 2.61 bits per heavy atom. The minimum absolute atomic E-state index is 0.156. The highest BCUT2D eigenvalue weighted by Gasteiger charge is 2.35. The molecule has 0 radical (unpaired) electrons. The van der Waals surface area contributed by atoms with Crippen LogP contribution in [0.25, 0.3) is 0 Å². The summed E-state index contributed by atoms with van der Waals surface area (Å²) >= 11 is 0. The molecule has 1 aromatic heterocycles. The van der Waals surface area contributed by atoms with Gasteiger partial charge < -0.3 is 11.1 Å². The number of rotatable bonds is 4. The van der Waals surface area contributed by atoms with E-state index in [0.717, 1.165) is 0 Å². The zero-order chi connectivity index (χ0) is 16.4. The summed E-state index contributed by atoms with van der Waals surface area (Å²) < 4.78 is 1.58. The van der Waals surface area contributed by atoms with E-state index in [1.54, 1.807) is 36.1 Å². The second-order valence-electron chi connectivity index (χ2n) is 5.18. The van der Waals surface area contributed by atoms with Gasteiger partial charge in [-0.05, 0) is 12.1 Å². The molecule has 118 valence electrons. The first-order valence-corrected chi connectivity index (χ1v) is 7.06. The molecule has 23 heavy (non-hydrogen) atoms. The number of primary amides is 1. The first-order valence-electron chi connectivity index (χ1n) is 7.06. The van der Waals surface area contributed by atoms with Crippen LogP contribution in [-0.2, 0) is 16.6 Å². The van der Waals surface area contributed by atoms with Gasteiger partial charge in [-0.25, -0.2) is 0 Å². The van der Waals surface area contributed by atoms with Gasteiger partial charge in [0.05, 0.1) is 5.69 Å². The molecule has 1 atom stereocenters. The molecule has 0 bridgehead atoms. The molecule has 0 spiro atoms. The Balaban J connectivity index is 1.82. The zero-order valence-corrected chi connectivity index (χ0v) is 12.5. The fraction of sp³-hybridized carbons (Fsp3) is 0.200. The van der Waals surface area contributed by atoms with Gasteiger partial charge in [-0.15, -0.1) is 0 Å². The summed E-state index contributed by atoms with van der Waals surface area (Å²) in [6.45, 7) is 0. The van der Waals surface area contributed by atoms with E-state index in [4.69, 9.17) is 5.73 Å². The average Bonchev–Trinajstić information content (AvgIpc) is 3.15. The summed E-state index contributed by atoms with van der Waals surface area (Å²) in [6, 6.07) is 10.1. The number of hydrogen-bond acceptors (Lipinski definition) is 5. The second-order valence-corrected chi connectivity index (χ2v) is 5.18. The SMILES string of the molecule is Cn1ccc(NC(=O)C2=NN(c3ccccc3)[C@H](C(N)=O)C2)n1. The van der Waals surface area contributed by atoms with Gasteiger partial charge in [-0.3, -0.25) is 19.3 Å². The number of aryl methyl sites for hydroxylation is 1. The summed E-state index contributed by atoms with van der Waals surface area (Å²) in [5.74, 6) is -0.499. The quantitative estimate of drug-likeness (QED) is 0.856. The summed E-state index contributed by atoms with van der Waals surface area (Å²) in [5.41, 5.74) is 6.39. The third-order valence-electron chi connectivity index (χ3n) is 3.48. The fourth-order valence-corrected chi connectivity index (χ4v) is 2.36. The van der Waals surface area contributed by atoms with E-state index in [1.807, 2.05) is 18.2 Å². The molecule has 0 aliphatic carbocycles. The molecule has 1 aliphatic rings. The lowest BCUT2D eigenvalue weighted by Gasteiger charge is -2.20. The molecule has 0 fully saturated rings. The summed E-state index contributed by atoms with van der Waals surface area (Å²) in [6.07, 6.45) is 1.87. The van der Waals surface area contributed by atoms with Crippen LogP contribution < -0.4 is 16.1 Å². The molecule has 0 saturated carbocycles. The van der Waals surface area contributed by atoms with Crippen LogP contribution in [0.2, 0.25) is 0 Å². The van der Waals surface area contributed by atoms with E-state index in [1.165, 1.54) is 5.01 Å². The highest BCUT2D eigenvalue weighted by atomic mass is 16.2. The lowest BCUT2D eigenvalue weighted by atomic mass is 10.1. The van der Waals surface area contributed by atoms with Crippen molar-refractivity contribution in [1.82, 2.24) is 9.78 Å². The predicted molar refractivity (Wildman–Crippen MR) is 85.8 cm³/mol. The lowest BCUT2D eigenvalue weighted by Crippen LogP contribution is -2.39. The normalized spacial score (nSPS) is 17.0. The van der Waals surface area contributed by atoms with E-state index in [0.29, 0.717) is 11.5 Å². The summed E-state index contributed by atoms with van der Waals surface area (Å²) in [5, 5.41) is 12.5. The number of anilines is 2. The molecular formula is C15H16N6O2. The third kappa shape index (κ3) is 3.05. The lowest BCUT2D eigenvalue weighted by molar-refractivity contribution is -0.119. The second kappa shape index (κ2) is 5.91. The van der Waals surface area contributed by atoms with Crippen LogP contribution in [0.15, 0.2) is 47.7 Å². The molecule has 1 aliphatic heterocycles. The molecule has 3 rings (SSSR count). The van der Waals surface area contributed by atoms with Crippen molar-refractivity contribution in [2.75, 3.05) is 10.3 Å². The van der Waals surface area contributed by atoms with Crippen LogP contribution in [0.1, 0.15) is 6.42 Å². The number of nitrogens with one attached hydrogen (secondary N) is 1. The van der Waals surface area contributed by atoms with Crippen LogP contribution in [0.5, 0.6) is 0 Å². The van der Waals surface area contributed by atoms with Crippen molar-refractivity contribution in [2.45, 2.75) is 12.5 Å². The maximum absolute atomic E-state index is 12.3. The van der Waals surface area contributed by atoms with E-state index in [2.05, 4.69) is 15.5 Å². The highest BCUT2D eigenvalue weighted by molar-refractivity contribution is 6.44. The number of aromatic nitrogens is 2. The molecule has 0 unspecified atom stereocenters. The van der Waals surface area contributed by atoms with Crippen LogP contribution in [0.4, 0.5) is 11.5 Å². The Kier molecular flexibility index (Phi) is 3.80. The van der Waals surface area contributed by atoms with Gasteiger partial charge in [0.2, 0.25) is 5.91 Å². The fourth-order valence-electron chi connectivity index (χ4n) is 2.36. The average molecular weight is 312 g/mol. The number of hydrazone groups is 1. The van der Waals surface area contributed by atoms with Crippen molar-refractivity contribution in [3.05, 3.63) is 42.6 Å². The molecule has 8 heteroatoms. The van der Waals surface area contributed by atoms with E-state index in [-0.39, 0.29) is 12.1 Å².